The highest BCUT2D eigenvalue weighted by atomic mass is 14.3. The van der Waals surface area contributed by atoms with Crippen LogP contribution in [-0.4, -0.2) is 7.28 Å². The molecule has 0 fully saturated rings. The molecule has 22 heavy (non-hydrogen) atoms. The zero-order valence-electron chi connectivity index (χ0n) is 14.7. The molecule has 1 aliphatic rings. The second kappa shape index (κ2) is 5.30. The van der Waals surface area contributed by atoms with Gasteiger partial charge in [0.2, 0.25) is 0 Å². The molecule has 0 saturated heterocycles. The van der Waals surface area contributed by atoms with E-state index in [1.54, 1.807) is 0 Å². The zero-order chi connectivity index (χ0) is 16.0. The third kappa shape index (κ3) is 2.74. The van der Waals surface area contributed by atoms with E-state index in [0.29, 0.717) is 10.8 Å². The standard InChI is InChI=1S/C21H27B/c1-20(2,3)21(4,5)14-22-17-11-10-16-12-15-8-6-7-9-18(15)19(16)13-17/h6-11,13,22H,12,14H2,1-5H3. The topological polar surface area (TPSA) is 0 Å². The first-order valence-corrected chi connectivity index (χ1v) is 8.48. The maximum atomic E-state index is 2.43. The monoisotopic (exact) mass is 290 g/mol. The van der Waals surface area contributed by atoms with E-state index in [0.717, 1.165) is 6.42 Å². The van der Waals surface area contributed by atoms with Crippen molar-refractivity contribution in [2.24, 2.45) is 10.8 Å². The smallest absolute Gasteiger partial charge is 0.0839 e. The molecular weight excluding hydrogens is 263 g/mol. The Morgan fingerprint density at radius 1 is 0.864 bits per heavy atom. The van der Waals surface area contributed by atoms with E-state index in [9.17, 15) is 0 Å². The first-order chi connectivity index (χ1) is 10.3. The summed E-state index contributed by atoms with van der Waals surface area (Å²) in [5.41, 5.74) is 8.04. The van der Waals surface area contributed by atoms with Crippen molar-refractivity contribution in [1.29, 1.82) is 0 Å². The molecule has 0 unspecified atom stereocenters. The lowest BCUT2D eigenvalue weighted by atomic mass is 9.53. The summed E-state index contributed by atoms with van der Waals surface area (Å²) in [5.74, 6) is 0. The Labute approximate surface area is 136 Å². The van der Waals surface area contributed by atoms with Gasteiger partial charge in [0, 0.05) is 0 Å². The minimum Gasteiger partial charge on any atom is -0.0839 e. The molecule has 0 amide bonds. The van der Waals surface area contributed by atoms with Gasteiger partial charge in [0.15, 0.2) is 7.28 Å². The lowest BCUT2D eigenvalue weighted by Crippen LogP contribution is -2.33. The predicted molar refractivity (Wildman–Crippen MR) is 99.5 cm³/mol. The molecule has 0 bridgehead atoms. The molecule has 2 aromatic rings. The van der Waals surface area contributed by atoms with Gasteiger partial charge in [-0.05, 0) is 39.5 Å². The number of hydrogen-bond donors (Lipinski definition) is 0. The highest BCUT2D eigenvalue weighted by Gasteiger charge is 2.32. The van der Waals surface area contributed by atoms with Gasteiger partial charge in [-0.1, -0.05) is 88.9 Å². The molecule has 0 saturated carbocycles. The van der Waals surface area contributed by atoms with E-state index >= 15 is 0 Å². The summed E-state index contributed by atoms with van der Waals surface area (Å²) in [5, 5.41) is 0. The lowest BCUT2D eigenvalue weighted by molar-refractivity contribution is 0.157. The molecule has 0 heterocycles. The van der Waals surface area contributed by atoms with Gasteiger partial charge in [-0.25, -0.2) is 0 Å². The third-order valence-electron chi connectivity index (χ3n) is 5.93. The van der Waals surface area contributed by atoms with Gasteiger partial charge in [-0.15, -0.1) is 0 Å². The van der Waals surface area contributed by atoms with Crippen molar-refractivity contribution < 1.29 is 0 Å². The van der Waals surface area contributed by atoms with Crippen LogP contribution in [0.2, 0.25) is 6.32 Å². The van der Waals surface area contributed by atoms with Gasteiger partial charge < -0.3 is 0 Å². The largest absolute Gasteiger partial charge is 0.158 e. The molecule has 1 aliphatic carbocycles. The van der Waals surface area contributed by atoms with Crippen molar-refractivity contribution in [3.05, 3.63) is 53.6 Å². The number of fused-ring (bicyclic) bond motifs is 3. The number of rotatable bonds is 3. The van der Waals surface area contributed by atoms with Crippen LogP contribution in [0.15, 0.2) is 42.5 Å². The first kappa shape index (κ1) is 15.4. The van der Waals surface area contributed by atoms with Crippen LogP contribution < -0.4 is 5.46 Å². The summed E-state index contributed by atoms with van der Waals surface area (Å²) in [6, 6.07) is 15.9. The Morgan fingerprint density at radius 3 is 2.27 bits per heavy atom. The predicted octanol–water partition coefficient (Wildman–Crippen LogP) is 4.81. The Hall–Kier alpha value is -1.50. The quantitative estimate of drug-likeness (QED) is 0.607. The molecule has 3 rings (SSSR count). The van der Waals surface area contributed by atoms with Gasteiger partial charge in [-0.2, -0.15) is 0 Å². The van der Waals surface area contributed by atoms with Gasteiger partial charge >= 0.3 is 0 Å². The van der Waals surface area contributed by atoms with E-state index in [1.807, 2.05) is 0 Å². The molecular formula is C21H27B. The van der Waals surface area contributed by atoms with E-state index in [2.05, 4.69) is 77.1 Å². The molecule has 114 valence electrons. The second-order valence-corrected chi connectivity index (χ2v) is 8.46. The van der Waals surface area contributed by atoms with E-state index in [4.69, 9.17) is 0 Å². The highest BCUT2D eigenvalue weighted by Crippen LogP contribution is 2.41. The van der Waals surface area contributed by atoms with E-state index in [1.165, 1.54) is 41.3 Å². The molecule has 0 atom stereocenters. The maximum absolute atomic E-state index is 2.43. The van der Waals surface area contributed by atoms with Crippen LogP contribution in [0.5, 0.6) is 0 Å². The fraction of sp³-hybridized carbons (Fsp3) is 0.429. The minimum atomic E-state index is 0.344. The third-order valence-corrected chi connectivity index (χ3v) is 5.93. The maximum Gasteiger partial charge on any atom is 0.158 e. The molecule has 0 nitrogen and oxygen atoms in total. The van der Waals surface area contributed by atoms with Crippen molar-refractivity contribution in [3.63, 3.8) is 0 Å². The van der Waals surface area contributed by atoms with Gasteiger partial charge in [0.1, 0.15) is 0 Å². The summed E-state index contributed by atoms with van der Waals surface area (Å²) in [6.45, 7) is 11.9. The minimum absolute atomic E-state index is 0.344. The molecule has 2 aromatic carbocycles. The fourth-order valence-corrected chi connectivity index (χ4v) is 3.16. The van der Waals surface area contributed by atoms with Crippen molar-refractivity contribution >= 4 is 12.7 Å². The molecule has 0 N–H and O–H groups in total. The SMILES string of the molecule is CC(C)(C)C(C)(C)CBc1ccc2c(c1)-c1ccccc1C2. The zero-order valence-corrected chi connectivity index (χ0v) is 14.7. The van der Waals surface area contributed by atoms with Crippen LogP contribution in [0.4, 0.5) is 0 Å². The van der Waals surface area contributed by atoms with Crippen LogP contribution in [0.1, 0.15) is 45.7 Å². The number of hydrogen-bond acceptors (Lipinski definition) is 0. The van der Waals surface area contributed by atoms with Crippen molar-refractivity contribution in [3.8, 4) is 11.1 Å². The Balaban J connectivity index is 1.82. The summed E-state index contributed by atoms with van der Waals surface area (Å²) >= 11 is 0. The summed E-state index contributed by atoms with van der Waals surface area (Å²) in [7, 11) is 1.17. The van der Waals surface area contributed by atoms with Crippen molar-refractivity contribution in [2.45, 2.75) is 47.4 Å². The normalized spacial score (nSPS) is 13.7. The van der Waals surface area contributed by atoms with Crippen LogP contribution in [0.25, 0.3) is 11.1 Å². The Morgan fingerprint density at radius 2 is 1.55 bits per heavy atom. The van der Waals surface area contributed by atoms with E-state index < -0.39 is 0 Å². The van der Waals surface area contributed by atoms with E-state index in [-0.39, 0.29) is 0 Å². The molecule has 0 aromatic heterocycles. The molecule has 0 aliphatic heterocycles. The summed E-state index contributed by atoms with van der Waals surface area (Å²) < 4.78 is 0. The van der Waals surface area contributed by atoms with Crippen LogP contribution >= 0.6 is 0 Å². The second-order valence-electron chi connectivity index (χ2n) is 8.46. The lowest BCUT2D eigenvalue weighted by Gasteiger charge is -2.39. The molecule has 1 heteroatoms. The van der Waals surface area contributed by atoms with Crippen LogP contribution in [0, 0.1) is 10.8 Å². The van der Waals surface area contributed by atoms with Gasteiger partial charge in [-0.3, -0.25) is 0 Å². The van der Waals surface area contributed by atoms with Crippen LogP contribution in [0.3, 0.4) is 0 Å². The van der Waals surface area contributed by atoms with Crippen LogP contribution in [-0.2, 0) is 6.42 Å². The number of benzene rings is 2. The first-order valence-electron chi connectivity index (χ1n) is 8.48. The summed E-state index contributed by atoms with van der Waals surface area (Å²) in [6.07, 6.45) is 2.33. The van der Waals surface area contributed by atoms with Gasteiger partial charge in [0.05, 0.1) is 0 Å². The van der Waals surface area contributed by atoms with Crippen molar-refractivity contribution in [2.75, 3.05) is 0 Å². The fourth-order valence-electron chi connectivity index (χ4n) is 3.16. The Kier molecular flexibility index (Phi) is 3.71. The molecule has 0 spiro atoms. The van der Waals surface area contributed by atoms with Crippen molar-refractivity contribution in [1.82, 2.24) is 0 Å². The molecule has 0 radical (unpaired) electrons. The Bertz CT molecular complexity index is 689. The summed E-state index contributed by atoms with van der Waals surface area (Å²) in [4.78, 5) is 0. The average Bonchev–Trinajstić information content (AvgIpc) is 2.82. The van der Waals surface area contributed by atoms with Gasteiger partial charge in [0.25, 0.3) is 0 Å². The highest BCUT2D eigenvalue weighted by molar-refractivity contribution is 6.53. The average molecular weight is 290 g/mol.